The highest BCUT2D eigenvalue weighted by Gasteiger charge is 2.63. The van der Waals surface area contributed by atoms with Crippen molar-refractivity contribution in [3.63, 3.8) is 0 Å². The number of hydrogen-bond acceptors (Lipinski definition) is 2. The quantitative estimate of drug-likeness (QED) is 0.479. The molecule has 0 spiro atoms. The first-order valence-corrected chi connectivity index (χ1v) is 10.6. The number of carbonyl (C=O) groups is 1. The van der Waals surface area contributed by atoms with Crippen LogP contribution in [0.1, 0.15) is 51.9 Å². The number of rotatable bonds is 1. The van der Waals surface area contributed by atoms with Crippen LogP contribution in [-0.2, 0) is 0 Å². The molecule has 5 rings (SSSR count). The Morgan fingerprint density at radius 3 is 2.82 bits per heavy atom. The number of benzene rings is 2. The highest BCUT2D eigenvalue weighted by atomic mass is 79.9. The third-order valence-electron chi connectivity index (χ3n) is 7.05. The van der Waals surface area contributed by atoms with E-state index in [0.717, 1.165) is 51.4 Å². The maximum atomic E-state index is 12.4. The molecular formula is C22H24BrN3O2. The number of aromatic nitrogens is 2. The number of imidazole rings is 1. The van der Waals surface area contributed by atoms with Crippen LogP contribution in [0.15, 0.2) is 34.8 Å². The molecule has 2 aliphatic rings. The number of likely N-dealkylation sites (tertiary alicyclic amines) is 1. The summed E-state index contributed by atoms with van der Waals surface area (Å²) in [6.45, 7) is 6.49. The summed E-state index contributed by atoms with van der Waals surface area (Å²) in [4.78, 5) is 22.5. The van der Waals surface area contributed by atoms with Crippen LogP contribution in [0.5, 0.6) is 0 Å². The van der Waals surface area contributed by atoms with Gasteiger partial charge < -0.3 is 10.1 Å². The van der Waals surface area contributed by atoms with Crippen molar-refractivity contribution in [2.75, 3.05) is 0 Å². The average Bonchev–Trinajstić information content (AvgIpc) is 3.32. The highest BCUT2D eigenvalue weighted by Crippen LogP contribution is 2.62. The Morgan fingerprint density at radius 1 is 1.32 bits per heavy atom. The predicted octanol–water partition coefficient (Wildman–Crippen LogP) is 6.10. The van der Waals surface area contributed by atoms with Gasteiger partial charge in [-0.2, -0.15) is 0 Å². The molecule has 1 aliphatic carbocycles. The standard InChI is InChI=1S/C22H24BrN3O2/c1-21(2,3)22-9-8-13(11-22)18(26(22)20(27)28)19-24-16-7-4-12-10-14(23)5-6-15(12)17(16)25-19/h4-7,10,13,18H,8-9,11H2,1-3H3,(H,24,25)(H,27,28)/t13-,18-,22+/m0/s1. The van der Waals surface area contributed by atoms with E-state index in [1.54, 1.807) is 4.90 Å². The van der Waals surface area contributed by atoms with E-state index in [1.165, 1.54) is 0 Å². The maximum absolute atomic E-state index is 12.4. The number of aromatic amines is 1. The highest BCUT2D eigenvalue weighted by molar-refractivity contribution is 9.10. The van der Waals surface area contributed by atoms with E-state index in [-0.39, 0.29) is 17.0 Å². The molecule has 1 amide bonds. The zero-order chi connectivity index (χ0) is 19.8. The third kappa shape index (κ3) is 2.30. The molecule has 1 saturated carbocycles. The molecule has 1 aromatic heterocycles. The number of piperidine rings is 1. The van der Waals surface area contributed by atoms with Gasteiger partial charge in [0, 0.05) is 9.86 Å². The molecule has 1 saturated heterocycles. The topological polar surface area (TPSA) is 69.2 Å². The van der Waals surface area contributed by atoms with E-state index in [0.29, 0.717) is 5.92 Å². The molecule has 0 radical (unpaired) electrons. The van der Waals surface area contributed by atoms with Gasteiger partial charge in [-0.25, -0.2) is 9.78 Å². The van der Waals surface area contributed by atoms with Crippen LogP contribution < -0.4 is 0 Å². The Morgan fingerprint density at radius 2 is 2.11 bits per heavy atom. The van der Waals surface area contributed by atoms with Crippen molar-refractivity contribution in [3.8, 4) is 0 Å². The van der Waals surface area contributed by atoms with Crippen molar-refractivity contribution in [1.82, 2.24) is 14.9 Å². The van der Waals surface area contributed by atoms with Gasteiger partial charge in [0.2, 0.25) is 0 Å². The summed E-state index contributed by atoms with van der Waals surface area (Å²) in [5, 5.41) is 12.4. The smallest absolute Gasteiger partial charge is 0.408 e. The molecule has 2 heterocycles. The molecule has 3 aromatic rings. The number of carboxylic acid groups (broad SMARTS) is 1. The van der Waals surface area contributed by atoms with E-state index < -0.39 is 6.09 Å². The number of nitrogens with one attached hydrogen (secondary N) is 1. The molecular weight excluding hydrogens is 418 g/mol. The van der Waals surface area contributed by atoms with Crippen LogP contribution in [0, 0.1) is 11.3 Å². The number of amides is 1. The third-order valence-corrected chi connectivity index (χ3v) is 7.54. The van der Waals surface area contributed by atoms with Gasteiger partial charge in [0.05, 0.1) is 22.6 Å². The maximum Gasteiger partial charge on any atom is 0.408 e. The minimum Gasteiger partial charge on any atom is -0.465 e. The average molecular weight is 442 g/mol. The van der Waals surface area contributed by atoms with Gasteiger partial charge in [-0.3, -0.25) is 4.90 Å². The summed E-state index contributed by atoms with van der Waals surface area (Å²) in [7, 11) is 0. The van der Waals surface area contributed by atoms with Crippen molar-refractivity contribution in [1.29, 1.82) is 0 Å². The van der Waals surface area contributed by atoms with Gasteiger partial charge in [-0.05, 0) is 54.2 Å². The zero-order valence-electron chi connectivity index (χ0n) is 16.3. The molecule has 146 valence electrons. The lowest BCUT2D eigenvalue weighted by molar-refractivity contribution is -0.00349. The molecule has 1 aliphatic heterocycles. The molecule has 2 aromatic carbocycles. The van der Waals surface area contributed by atoms with Crippen LogP contribution in [0.2, 0.25) is 0 Å². The summed E-state index contributed by atoms with van der Waals surface area (Å²) in [6, 6.07) is 10.1. The van der Waals surface area contributed by atoms with E-state index in [2.05, 4.69) is 59.9 Å². The van der Waals surface area contributed by atoms with E-state index in [1.807, 2.05) is 12.1 Å². The van der Waals surface area contributed by atoms with Crippen LogP contribution in [0.25, 0.3) is 21.8 Å². The van der Waals surface area contributed by atoms with Crippen molar-refractivity contribution >= 4 is 43.8 Å². The lowest BCUT2D eigenvalue weighted by atomic mass is 9.72. The summed E-state index contributed by atoms with van der Waals surface area (Å²) >= 11 is 3.53. The first-order valence-electron chi connectivity index (χ1n) is 9.81. The summed E-state index contributed by atoms with van der Waals surface area (Å²) in [6.07, 6.45) is 2.06. The predicted molar refractivity (Wildman–Crippen MR) is 113 cm³/mol. The van der Waals surface area contributed by atoms with Gasteiger partial charge in [0.1, 0.15) is 5.82 Å². The molecule has 0 unspecified atom stereocenters. The SMILES string of the molecule is CC(C)(C)[C@@]12CC[C@@H](C1)[C@@H](c1nc3ccc4cc(Br)ccc4c3[nH]1)N2C(=O)O. The van der Waals surface area contributed by atoms with Gasteiger partial charge >= 0.3 is 6.09 Å². The van der Waals surface area contributed by atoms with Gasteiger partial charge in [-0.15, -0.1) is 0 Å². The van der Waals surface area contributed by atoms with Gasteiger partial charge in [0.25, 0.3) is 0 Å². The molecule has 28 heavy (non-hydrogen) atoms. The second-order valence-corrected chi connectivity index (χ2v) is 10.2. The second-order valence-electron chi connectivity index (χ2n) is 9.33. The van der Waals surface area contributed by atoms with E-state index >= 15 is 0 Å². The first-order chi connectivity index (χ1) is 13.2. The fourth-order valence-corrected chi connectivity index (χ4v) is 6.04. The van der Waals surface area contributed by atoms with Crippen LogP contribution >= 0.6 is 15.9 Å². The Kier molecular flexibility index (Phi) is 3.67. The van der Waals surface area contributed by atoms with Gasteiger partial charge in [0.15, 0.2) is 0 Å². The Labute approximate surface area is 172 Å². The summed E-state index contributed by atoms with van der Waals surface area (Å²) < 4.78 is 1.04. The Balaban J connectivity index is 1.67. The number of fused-ring (bicyclic) bond motifs is 5. The number of hydrogen-bond donors (Lipinski definition) is 2. The minimum atomic E-state index is -0.837. The monoisotopic (exact) mass is 441 g/mol. The Hall–Kier alpha value is -2.08. The lowest BCUT2D eigenvalue weighted by Gasteiger charge is -2.48. The molecule has 2 fully saturated rings. The summed E-state index contributed by atoms with van der Waals surface area (Å²) in [5.41, 5.74) is 1.45. The molecule has 3 atom stereocenters. The summed E-state index contributed by atoms with van der Waals surface area (Å²) in [5.74, 6) is 1.10. The van der Waals surface area contributed by atoms with Crippen molar-refractivity contribution in [2.45, 2.75) is 51.6 Å². The van der Waals surface area contributed by atoms with Crippen molar-refractivity contribution in [2.24, 2.45) is 11.3 Å². The van der Waals surface area contributed by atoms with Gasteiger partial charge in [-0.1, -0.05) is 48.8 Å². The largest absolute Gasteiger partial charge is 0.465 e. The Bertz CT molecular complexity index is 1120. The fourth-order valence-electron chi connectivity index (χ4n) is 5.66. The zero-order valence-corrected chi connectivity index (χ0v) is 17.9. The first kappa shape index (κ1) is 18.0. The number of nitrogens with zero attached hydrogens (tertiary/aromatic N) is 2. The van der Waals surface area contributed by atoms with Crippen molar-refractivity contribution < 1.29 is 9.90 Å². The molecule has 2 bridgehead atoms. The number of H-pyrrole nitrogens is 1. The van der Waals surface area contributed by atoms with Crippen LogP contribution in [0.4, 0.5) is 4.79 Å². The second kappa shape index (κ2) is 5.72. The van der Waals surface area contributed by atoms with Crippen LogP contribution in [-0.4, -0.2) is 31.6 Å². The van der Waals surface area contributed by atoms with E-state index in [4.69, 9.17) is 4.98 Å². The number of halogens is 1. The lowest BCUT2D eigenvalue weighted by Crippen LogP contribution is -2.56. The van der Waals surface area contributed by atoms with Crippen LogP contribution in [0.3, 0.4) is 0 Å². The van der Waals surface area contributed by atoms with Crippen molar-refractivity contribution in [3.05, 3.63) is 40.6 Å². The molecule has 2 N–H and O–H groups in total. The molecule has 6 heteroatoms. The normalized spacial score (nSPS) is 27.2. The molecule has 5 nitrogen and oxygen atoms in total. The fraction of sp³-hybridized carbons (Fsp3) is 0.455. The minimum absolute atomic E-state index is 0.111. The van der Waals surface area contributed by atoms with E-state index in [9.17, 15) is 9.90 Å².